The molecule has 0 spiro atoms. The van der Waals surface area contributed by atoms with Crippen molar-refractivity contribution in [1.29, 1.82) is 0 Å². The van der Waals surface area contributed by atoms with E-state index in [1.54, 1.807) is 0 Å². The van der Waals surface area contributed by atoms with Crippen LogP contribution in [0, 0.1) is 0 Å². The highest BCUT2D eigenvalue weighted by molar-refractivity contribution is 6.71. The average Bonchev–Trinajstić information content (AvgIpc) is 2.01. The summed E-state index contributed by atoms with van der Waals surface area (Å²) in [7, 11) is -2.07. The Balaban J connectivity index is 4.94. The Hall–Kier alpha value is 0.137. The van der Waals surface area contributed by atoms with Crippen molar-refractivity contribution in [3.8, 4) is 0 Å². The maximum atomic E-state index is 6.01. The van der Waals surface area contributed by atoms with Gasteiger partial charge in [-0.25, -0.2) is 0 Å². The van der Waals surface area contributed by atoms with Gasteiger partial charge in [0.25, 0.3) is 0 Å². The first-order chi connectivity index (χ1) is 6.31. The molecule has 0 aromatic heterocycles. The van der Waals surface area contributed by atoms with Gasteiger partial charge in [0.2, 0.25) is 0 Å². The number of rotatable bonds is 5. The molecule has 0 fully saturated rings. The quantitative estimate of drug-likeness (QED) is 0.655. The molecule has 0 aliphatic rings. The summed E-state index contributed by atoms with van der Waals surface area (Å²) in [6.45, 7) is 16.7. The van der Waals surface area contributed by atoms with Gasteiger partial charge in [-0.1, -0.05) is 34.6 Å². The lowest BCUT2D eigenvalue weighted by Crippen LogP contribution is -2.53. The Morgan fingerprint density at radius 2 is 1.36 bits per heavy atom. The van der Waals surface area contributed by atoms with Crippen LogP contribution in [0.5, 0.6) is 0 Å². The van der Waals surface area contributed by atoms with E-state index in [-0.39, 0.29) is 5.04 Å². The van der Waals surface area contributed by atoms with Crippen LogP contribution in [0.3, 0.4) is 0 Å². The lowest BCUT2D eigenvalue weighted by Gasteiger charge is -2.43. The van der Waals surface area contributed by atoms with Gasteiger partial charge in [-0.15, -0.1) is 0 Å². The third kappa shape index (κ3) is 2.81. The minimum Gasteiger partial charge on any atom is -0.394 e. The maximum absolute atomic E-state index is 6.01. The third-order valence-electron chi connectivity index (χ3n) is 2.52. The molecule has 86 valence electrons. The van der Waals surface area contributed by atoms with Gasteiger partial charge in [-0.3, -0.25) is 0 Å². The zero-order chi connectivity index (χ0) is 11.4. The van der Waals surface area contributed by atoms with E-state index < -0.39 is 8.56 Å². The molecule has 0 aromatic rings. The summed E-state index contributed by atoms with van der Waals surface area (Å²) in [5, 5.41) is 0.132. The minimum absolute atomic E-state index is 0.132. The molecule has 0 bridgehead atoms. The smallest absolute Gasteiger partial charge is 0.346 e. The van der Waals surface area contributed by atoms with E-state index in [2.05, 4.69) is 48.5 Å². The average molecular weight is 218 g/mol. The molecule has 14 heavy (non-hydrogen) atoms. The Morgan fingerprint density at radius 3 is 1.50 bits per heavy atom. The second kappa shape index (κ2) is 5.28. The van der Waals surface area contributed by atoms with Gasteiger partial charge in [0.1, 0.15) is 0 Å². The predicted octanol–water partition coefficient (Wildman–Crippen LogP) is 3.71. The van der Waals surface area contributed by atoms with Gasteiger partial charge in [0, 0.05) is 18.3 Å². The van der Waals surface area contributed by atoms with Crippen LogP contribution in [-0.4, -0.2) is 21.8 Å². The van der Waals surface area contributed by atoms with Crippen LogP contribution in [0.15, 0.2) is 0 Å². The number of hydrogen-bond acceptors (Lipinski definition) is 2. The predicted molar refractivity (Wildman–Crippen MR) is 63.8 cm³/mol. The van der Waals surface area contributed by atoms with E-state index in [1.807, 2.05) is 0 Å². The van der Waals surface area contributed by atoms with Crippen molar-refractivity contribution >= 4 is 8.56 Å². The van der Waals surface area contributed by atoms with Gasteiger partial charge in [-0.05, 0) is 19.4 Å². The van der Waals surface area contributed by atoms with Crippen molar-refractivity contribution in [2.45, 2.75) is 59.0 Å². The van der Waals surface area contributed by atoms with Gasteiger partial charge in [-0.2, -0.15) is 0 Å². The fourth-order valence-corrected chi connectivity index (χ4v) is 6.31. The van der Waals surface area contributed by atoms with Gasteiger partial charge in [0.05, 0.1) is 0 Å². The maximum Gasteiger partial charge on any atom is 0.346 e. The van der Waals surface area contributed by atoms with Crippen molar-refractivity contribution in [2.75, 3.05) is 13.2 Å². The first-order valence-corrected chi connectivity index (χ1v) is 7.49. The SMILES string of the molecule is CCO[Si](OCC)(C(C)C)C(C)(C)C. The zero-order valence-electron chi connectivity index (χ0n) is 10.8. The molecule has 0 aromatic carbocycles. The van der Waals surface area contributed by atoms with Crippen LogP contribution in [0.25, 0.3) is 0 Å². The van der Waals surface area contributed by atoms with E-state index in [4.69, 9.17) is 8.85 Å². The van der Waals surface area contributed by atoms with Crippen LogP contribution in [0.1, 0.15) is 48.5 Å². The summed E-state index contributed by atoms with van der Waals surface area (Å²) in [5.74, 6) is 0. The fourth-order valence-electron chi connectivity index (χ4n) is 2.10. The Kier molecular flexibility index (Phi) is 5.34. The van der Waals surface area contributed by atoms with Crippen LogP contribution >= 0.6 is 0 Å². The molecule has 0 rings (SSSR count). The van der Waals surface area contributed by atoms with Crippen molar-refractivity contribution < 1.29 is 8.85 Å². The van der Waals surface area contributed by atoms with Crippen LogP contribution in [0.4, 0.5) is 0 Å². The molecular weight excluding hydrogens is 192 g/mol. The number of hydrogen-bond donors (Lipinski definition) is 0. The second-order valence-electron chi connectivity index (χ2n) is 4.94. The monoisotopic (exact) mass is 218 g/mol. The van der Waals surface area contributed by atoms with Crippen molar-refractivity contribution in [2.24, 2.45) is 0 Å². The summed E-state index contributed by atoms with van der Waals surface area (Å²) in [6.07, 6.45) is 0. The largest absolute Gasteiger partial charge is 0.394 e. The highest BCUT2D eigenvalue weighted by Gasteiger charge is 2.51. The van der Waals surface area contributed by atoms with E-state index in [0.29, 0.717) is 5.54 Å². The molecule has 0 aliphatic carbocycles. The molecule has 0 N–H and O–H groups in total. The van der Waals surface area contributed by atoms with Crippen molar-refractivity contribution in [3.05, 3.63) is 0 Å². The normalized spacial score (nSPS) is 13.7. The van der Waals surface area contributed by atoms with Gasteiger partial charge < -0.3 is 8.85 Å². The first-order valence-electron chi connectivity index (χ1n) is 5.59. The lowest BCUT2D eigenvalue weighted by atomic mass is 10.2. The van der Waals surface area contributed by atoms with Gasteiger partial charge in [0.15, 0.2) is 0 Å². The molecule has 0 heterocycles. The standard InChI is InChI=1S/C11H26O2Si/c1-8-12-14(10(3)4,13-9-2)11(5,6)7/h10H,8-9H2,1-7H3. The van der Waals surface area contributed by atoms with E-state index in [0.717, 1.165) is 13.2 Å². The van der Waals surface area contributed by atoms with E-state index in [1.165, 1.54) is 0 Å². The Bertz CT molecular complexity index is 155. The molecule has 2 nitrogen and oxygen atoms in total. The molecule has 0 aliphatic heterocycles. The van der Waals surface area contributed by atoms with Crippen molar-refractivity contribution in [1.82, 2.24) is 0 Å². The zero-order valence-corrected chi connectivity index (χ0v) is 11.8. The summed E-state index contributed by atoms with van der Waals surface area (Å²) in [5.41, 5.74) is 0.488. The minimum atomic E-state index is -2.07. The molecule has 3 heteroatoms. The van der Waals surface area contributed by atoms with Crippen molar-refractivity contribution in [3.63, 3.8) is 0 Å². The molecule has 0 amide bonds. The molecule has 0 saturated heterocycles. The molecule has 0 radical (unpaired) electrons. The van der Waals surface area contributed by atoms with E-state index in [9.17, 15) is 0 Å². The van der Waals surface area contributed by atoms with Crippen LogP contribution in [0.2, 0.25) is 10.6 Å². The highest BCUT2D eigenvalue weighted by Crippen LogP contribution is 2.44. The summed E-state index contributed by atoms with van der Waals surface area (Å²) < 4.78 is 12.0. The summed E-state index contributed by atoms with van der Waals surface area (Å²) >= 11 is 0. The molecule has 0 unspecified atom stereocenters. The summed E-state index contributed by atoms with van der Waals surface area (Å²) in [4.78, 5) is 0. The molecule has 0 saturated carbocycles. The Labute approximate surface area is 90.2 Å². The van der Waals surface area contributed by atoms with Crippen LogP contribution < -0.4 is 0 Å². The fraction of sp³-hybridized carbons (Fsp3) is 1.00. The van der Waals surface area contributed by atoms with Gasteiger partial charge >= 0.3 is 8.56 Å². The van der Waals surface area contributed by atoms with Crippen LogP contribution in [-0.2, 0) is 8.85 Å². The Morgan fingerprint density at radius 1 is 1.00 bits per heavy atom. The molecule has 0 atom stereocenters. The topological polar surface area (TPSA) is 18.5 Å². The lowest BCUT2D eigenvalue weighted by molar-refractivity contribution is 0.153. The first kappa shape index (κ1) is 14.1. The molecular formula is C11H26O2Si. The highest BCUT2D eigenvalue weighted by atomic mass is 28.4. The third-order valence-corrected chi connectivity index (χ3v) is 7.57. The van der Waals surface area contributed by atoms with E-state index >= 15 is 0 Å². The second-order valence-corrected chi connectivity index (χ2v) is 9.51. The summed E-state index contributed by atoms with van der Waals surface area (Å²) in [6, 6.07) is 0.